The molecule has 1 aliphatic rings. The molecule has 1 saturated heterocycles. The van der Waals surface area contributed by atoms with Gasteiger partial charge in [-0.3, -0.25) is 0 Å². The number of hydrogen-bond donors (Lipinski definition) is 2. The Morgan fingerprint density at radius 1 is 1.20 bits per heavy atom. The molecule has 0 saturated carbocycles. The van der Waals surface area contributed by atoms with Crippen molar-refractivity contribution in [1.29, 1.82) is 0 Å². The first kappa shape index (κ1) is 17.6. The van der Waals surface area contributed by atoms with Crippen LogP contribution < -0.4 is 15.8 Å². The summed E-state index contributed by atoms with van der Waals surface area (Å²) < 4.78 is 22.7. The number of aromatic nitrogens is 2. The Balaban J connectivity index is 1.56. The first-order chi connectivity index (χ1) is 11.9. The monoisotopic (exact) mass is 381 g/mol. The topological polar surface area (TPSA) is 131 Å². The van der Waals surface area contributed by atoms with E-state index in [1.165, 1.54) is 6.07 Å². The van der Waals surface area contributed by atoms with E-state index in [2.05, 4.69) is 19.9 Å². The third-order valence-electron chi connectivity index (χ3n) is 3.75. The molecule has 4 N–H and O–H groups in total. The van der Waals surface area contributed by atoms with Crippen molar-refractivity contribution in [3.05, 3.63) is 35.5 Å². The van der Waals surface area contributed by atoms with Gasteiger partial charge in [-0.2, -0.15) is 0 Å². The Morgan fingerprint density at radius 2 is 1.88 bits per heavy atom. The van der Waals surface area contributed by atoms with Gasteiger partial charge in [0.05, 0.1) is 6.54 Å². The van der Waals surface area contributed by atoms with Crippen LogP contribution in [-0.2, 0) is 16.6 Å². The molecule has 25 heavy (non-hydrogen) atoms. The normalized spacial score (nSPS) is 16.3. The molecule has 1 fully saturated rings. The maximum Gasteiger partial charge on any atom is 0.247 e. The molecule has 134 valence electrons. The molecule has 0 amide bonds. The minimum atomic E-state index is -3.66. The summed E-state index contributed by atoms with van der Waals surface area (Å²) >= 11 is 1.11. The van der Waals surface area contributed by atoms with Crippen LogP contribution in [-0.4, -0.2) is 55.4 Å². The zero-order chi connectivity index (χ0) is 17.9. The maximum absolute atomic E-state index is 11.3. The van der Waals surface area contributed by atoms with Crippen LogP contribution in [0.15, 0.2) is 39.8 Å². The van der Waals surface area contributed by atoms with Crippen molar-refractivity contribution < 1.29 is 8.42 Å². The quantitative estimate of drug-likeness (QED) is 0.555. The van der Waals surface area contributed by atoms with Crippen LogP contribution in [0.1, 0.15) is 4.88 Å². The molecule has 0 aromatic carbocycles. The average Bonchev–Trinajstić information content (AvgIpc) is 3.10. The zero-order valence-corrected chi connectivity index (χ0v) is 15.1. The number of nitrogens with zero attached hydrogens (tertiary/aromatic N) is 5. The fourth-order valence-corrected chi connectivity index (χ4v) is 4.15. The van der Waals surface area contributed by atoms with Crippen molar-refractivity contribution in [3.8, 4) is 0 Å². The van der Waals surface area contributed by atoms with Gasteiger partial charge in [-0.25, -0.2) is 28.5 Å². The van der Waals surface area contributed by atoms with Crippen LogP contribution >= 0.6 is 11.3 Å². The zero-order valence-electron chi connectivity index (χ0n) is 13.4. The van der Waals surface area contributed by atoms with Crippen LogP contribution in [0.4, 0.5) is 5.95 Å². The van der Waals surface area contributed by atoms with E-state index in [4.69, 9.17) is 10.9 Å². The summed E-state index contributed by atoms with van der Waals surface area (Å²) in [5.41, 5.74) is 6.06. The van der Waals surface area contributed by atoms with Crippen molar-refractivity contribution in [2.24, 2.45) is 15.9 Å². The molecule has 2 aromatic heterocycles. The number of anilines is 1. The molecule has 0 radical (unpaired) electrons. The Labute approximate surface area is 150 Å². The highest BCUT2D eigenvalue weighted by atomic mass is 32.2. The second-order valence-electron chi connectivity index (χ2n) is 5.46. The number of primary sulfonamides is 1. The van der Waals surface area contributed by atoms with Crippen molar-refractivity contribution in [2.75, 3.05) is 31.1 Å². The van der Waals surface area contributed by atoms with E-state index in [-0.39, 0.29) is 4.21 Å². The van der Waals surface area contributed by atoms with Crippen LogP contribution in [0.2, 0.25) is 0 Å². The van der Waals surface area contributed by atoms with E-state index in [1.807, 2.05) is 4.90 Å². The minimum absolute atomic E-state index is 0.132. The fraction of sp³-hybridized carbons (Fsp3) is 0.357. The Hall–Kier alpha value is -2.24. The predicted molar refractivity (Wildman–Crippen MR) is 96.8 cm³/mol. The number of nitrogens with two attached hydrogens (primary N) is 2. The third-order valence-corrected chi connectivity index (χ3v) is 6.26. The van der Waals surface area contributed by atoms with Gasteiger partial charge in [0.25, 0.3) is 0 Å². The van der Waals surface area contributed by atoms with Crippen LogP contribution in [0.5, 0.6) is 0 Å². The Morgan fingerprint density at radius 3 is 2.48 bits per heavy atom. The lowest BCUT2D eigenvalue weighted by atomic mass is 10.3. The number of thiophene rings is 1. The number of guanidine groups is 1. The maximum atomic E-state index is 11.3. The van der Waals surface area contributed by atoms with Gasteiger partial charge in [-0.1, -0.05) is 0 Å². The van der Waals surface area contributed by atoms with E-state index in [0.29, 0.717) is 18.5 Å². The molecule has 1 aliphatic heterocycles. The molecule has 2 aromatic rings. The summed E-state index contributed by atoms with van der Waals surface area (Å²) in [5.74, 6) is 1.16. The summed E-state index contributed by atoms with van der Waals surface area (Å²) in [6, 6.07) is 4.97. The predicted octanol–water partition coefficient (Wildman–Crippen LogP) is -0.178. The number of rotatable bonds is 4. The van der Waals surface area contributed by atoms with Crippen LogP contribution in [0.3, 0.4) is 0 Å². The van der Waals surface area contributed by atoms with Gasteiger partial charge >= 0.3 is 0 Å². The molecular formula is C14H19N7O2S2. The molecule has 0 spiro atoms. The van der Waals surface area contributed by atoms with Crippen molar-refractivity contribution in [3.63, 3.8) is 0 Å². The lowest BCUT2D eigenvalue weighted by Crippen LogP contribution is -2.51. The first-order valence-corrected chi connectivity index (χ1v) is 9.98. The number of sulfonamides is 1. The second kappa shape index (κ2) is 7.33. The van der Waals surface area contributed by atoms with E-state index in [0.717, 1.165) is 42.4 Å². The van der Waals surface area contributed by atoms with Crippen molar-refractivity contribution in [2.45, 2.75) is 10.8 Å². The van der Waals surface area contributed by atoms with Gasteiger partial charge in [0.2, 0.25) is 16.0 Å². The molecule has 0 aliphatic carbocycles. The SMILES string of the molecule is NC(=NCc1ccc(S(N)(=O)=O)s1)N1CCN(c2ncccn2)CC1. The van der Waals surface area contributed by atoms with E-state index < -0.39 is 10.0 Å². The molecule has 0 atom stereocenters. The van der Waals surface area contributed by atoms with Gasteiger partial charge in [0.1, 0.15) is 4.21 Å². The third kappa shape index (κ3) is 4.44. The number of piperazine rings is 1. The Kier molecular flexibility index (Phi) is 5.16. The summed E-state index contributed by atoms with van der Waals surface area (Å²) in [6.45, 7) is 3.29. The highest BCUT2D eigenvalue weighted by molar-refractivity contribution is 7.91. The molecule has 0 bridgehead atoms. The summed E-state index contributed by atoms with van der Waals surface area (Å²) in [6.07, 6.45) is 3.45. The number of aliphatic imine (C=N–C) groups is 1. The highest BCUT2D eigenvalue weighted by Gasteiger charge is 2.20. The van der Waals surface area contributed by atoms with Crippen molar-refractivity contribution in [1.82, 2.24) is 14.9 Å². The van der Waals surface area contributed by atoms with Crippen molar-refractivity contribution >= 4 is 33.3 Å². The number of hydrogen-bond acceptors (Lipinski definition) is 7. The molecule has 3 rings (SSSR count). The largest absolute Gasteiger partial charge is 0.370 e. The van der Waals surface area contributed by atoms with E-state index >= 15 is 0 Å². The average molecular weight is 381 g/mol. The van der Waals surface area contributed by atoms with E-state index in [9.17, 15) is 8.42 Å². The van der Waals surface area contributed by atoms with Gasteiger partial charge in [-0.15, -0.1) is 11.3 Å². The standard InChI is InChI=1S/C14H19N7O2S2/c15-13(19-10-11-2-3-12(24-11)25(16,22)23)20-6-8-21(9-7-20)14-17-4-1-5-18-14/h1-5H,6-10H2,(H2,15,19)(H2,16,22,23). The Bertz CT molecular complexity index is 843. The fourth-order valence-electron chi connectivity index (χ4n) is 2.45. The summed E-state index contributed by atoms with van der Waals surface area (Å²) in [5, 5.41) is 5.10. The first-order valence-electron chi connectivity index (χ1n) is 7.62. The lowest BCUT2D eigenvalue weighted by Gasteiger charge is -2.35. The van der Waals surface area contributed by atoms with Crippen LogP contribution in [0, 0.1) is 0 Å². The van der Waals surface area contributed by atoms with Gasteiger partial charge in [0.15, 0.2) is 5.96 Å². The lowest BCUT2D eigenvalue weighted by molar-refractivity contribution is 0.378. The molecule has 0 unspecified atom stereocenters. The van der Waals surface area contributed by atoms with Gasteiger partial charge in [-0.05, 0) is 18.2 Å². The molecule has 11 heteroatoms. The summed E-state index contributed by atoms with van der Waals surface area (Å²) in [4.78, 5) is 17.7. The van der Waals surface area contributed by atoms with Gasteiger partial charge < -0.3 is 15.5 Å². The molecule has 9 nitrogen and oxygen atoms in total. The van der Waals surface area contributed by atoms with Gasteiger partial charge in [0, 0.05) is 43.4 Å². The molecule has 3 heterocycles. The summed E-state index contributed by atoms with van der Waals surface area (Å²) in [7, 11) is -3.66. The smallest absolute Gasteiger partial charge is 0.247 e. The van der Waals surface area contributed by atoms with E-state index in [1.54, 1.807) is 24.5 Å². The second-order valence-corrected chi connectivity index (χ2v) is 8.42. The minimum Gasteiger partial charge on any atom is -0.370 e. The highest BCUT2D eigenvalue weighted by Crippen LogP contribution is 2.21. The molecular weight excluding hydrogens is 362 g/mol. The van der Waals surface area contributed by atoms with Crippen LogP contribution in [0.25, 0.3) is 0 Å².